The molecule has 0 aliphatic carbocycles. The van der Waals surface area contributed by atoms with Gasteiger partial charge < -0.3 is 15.5 Å². The van der Waals surface area contributed by atoms with Crippen LogP contribution in [-0.4, -0.2) is 31.6 Å². The number of benzene rings is 3. The molecular weight excluding hydrogens is 346 g/mol. The summed E-state index contributed by atoms with van der Waals surface area (Å²) in [5.74, 6) is 0. The lowest BCUT2D eigenvalue weighted by molar-refractivity contribution is 0.230. The van der Waals surface area contributed by atoms with Crippen LogP contribution < -0.4 is 10.6 Å². The Morgan fingerprint density at radius 1 is 0.750 bits per heavy atom. The van der Waals surface area contributed by atoms with Crippen molar-refractivity contribution in [1.82, 2.24) is 15.5 Å². The third-order valence-electron chi connectivity index (χ3n) is 4.80. The number of rotatable bonds is 7. The Bertz CT molecular complexity index is 811. The number of carbonyl (C=O) groups excluding carboxylic acids is 1. The van der Waals surface area contributed by atoms with Crippen LogP contribution in [0.3, 0.4) is 0 Å². The molecule has 4 nitrogen and oxygen atoms in total. The molecule has 4 heteroatoms. The molecular formula is C24H27N3O. The fraction of sp³-hybridized carbons (Fsp3) is 0.208. The number of carbonyl (C=O) groups is 1. The number of hydrogen-bond donors (Lipinski definition) is 2. The van der Waals surface area contributed by atoms with Crippen LogP contribution in [0.25, 0.3) is 0 Å². The molecule has 0 aromatic heterocycles. The van der Waals surface area contributed by atoms with Crippen molar-refractivity contribution >= 4 is 6.03 Å². The summed E-state index contributed by atoms with van der Waals surface area (Å²) in [4.78, 5) is 14.8. The van der Waals surface area contributed by atoms with Crippen LogP contribution in [0.4, 0.5) is 4.79 Å². The van der Waals surface area contributed by atoms with Gasteiger partial charge >= 0.3 is 6.03 Å². The summed E-state index contributed by atoms with van der Waals surface area (Å²) in [6.45, 7) is 0.527. The summed E-state index contributed by atoms with van der Waals surface area (Å²) in [6, 6.07) is 30.0. The molecule has 3 aromatic carbocycles. The molecule has 2 amide bonds. The van der Waals surface area contributed by atoms with E-state index in [1.54, 1.807) is 0 Å². The first-order valence-electron chi connectivity index (χ1n) is 9.51. The number of nitrogens with zero attached hydrogens (tertiary/aromatic N) is 1. The zero-order valence-corrected chi connectivity index (χ0v) is 16.4. The van der Waals surface area contributed by atoms with Crippen molar-refractivity contribution in [3.8, 4) is 0 Å². The van der Waals surface area contributed by atoms with E-state index < -0.39 is 0 Å². The van der Waals surface area contributed by atoms with Crippen LogP contribution in [0.1, 0.15) is 28.8 Å². The molecule has 3 aromatic rings. The van der Waals surface area contributed by atoms with Crippen LogP contribution >= 0.6 is 0 Å². The summed E-state index contributed by atoms with van der Waals surface area (Å²) < 4.78 is 0. The average Bonchev–Trinajstić information content (AvgIpc) is 2.74. The molecule has 28 heavy (non-hydrogen) atoms. The molecule has 2 N–H and O–H groups in total. The summed E-state index contributed by atoms with van der Waals surface area (Å²) in [7, 11) is 4.04. The molecule has 3 rings (SSSR count). The van der Waals surface area contributed by atoms with Crippen molar-refractivity contribution in [2.75, 3.05) is 20.6 Å². The highest BCUT2D eigenvalue weighted by Gasteiger charge is 2.19. The minimum absolute atomic E-state index is 0.110. The molecule has 0 saturated carbocycles. The summed E-state index contributed by atoms with van der Waals surface area (Å²) in [5.41, 5.74) is 3.28. The van der Waals surface area contributed by atoms with Crippen molar-refractivity contribution in [3.05, 3.63) is 108 Å². The fourth-order valence-electron chi connectivity index (χ4n) is 3.30. The first kappa shape index (κ1) is 19.6. The highest BCUT2D eigenvalue weighted by Crippen LogP contribution is 2.22. The first-order valence-corrected chi connectivity index (χ1v) is 9.51. The smallest absolute Gasteiger partial charge is 0.315 e. The second-order valence-corrected chi connectivity index (χ2v) is 7.00. The van der Waals surface area contributed by atoms with Gasteiger partial charge in [-0.25, -0.2) is 4.79 Å². The van der Waals surface area contributed by atoms with Gasteiger partial charge in [-0.2, -0.15) is 0 Å². The maximum Gasteiger partial charge on any atom is 0.315 e. The van der Waals surface area contributed by atoms with Crippen molar-refractivity contribution in [1.29, 1.82) is 0 Å². The van der Waals surface area contributed by atoms with Crippen LogP contribution in [0.2, 0.25) is 0 Å². The molecule has 0 aliphatic heterocycles. The predicted molar refractivity (Wildman–Crippen MR) is 114 cm³/mol. The second-order valence-electron chi connectivity index (χ2n) is 7.00. The van der Waals surface area contributed by atoms with Gasteiger partial charge in [-0.1, -0.05) is 91.0 Å². The van der Waals surface area contributed by atoms with Crippen LogP contribution in [0, 0.1) is 0 Å². The number of likely N-dealkylation sites (N-methyl/N-ethyl adjacent to an activating group) is 1. The molecule has 0 aliphatic rings. The summed E-state index contributed by atoms with van der Waals surface area (Å²) in [6.07, 6.45) is 0. The lowest BCUT2D eigenvalue weighted by atomic mass is 9.99. The maximum atomic E-state index is 12.7. The molecule has 0 spiro atoms. The molecule has 0 bridgehead atoms. The Morgan fingerprint density at radius 2 is 1.18 bits per heavy atom. The van der Waals surface area contributed by atoms with E-state index in [0.29, 0.717) is 6.54 Å². The Balaban J connectivity index is 1.70. The number of urea groups is 1. The van der Waals surface area contributed by atoms with E-state index in [9.17, 15) is 4.79 Å². The molecule has 0 fully saturated rings. The van der Waals surface area contributed by atoms with E-state index in [1.165, 1.54) is 5.56 Å². The topological polar surface area (TPSA) is 44.4 Å². The zero-order chi connectivity index (χ0) is 19.8. The highest BCUT2D eigenvalue weighted by atomic mass is 16.2. The van der Waals surface area contributed by atoms with E-state index >= 15 is 0 Å². The lowest BCUT2D eigenvalue weighted by Crippen LogP contribution is -2.42. The summed E-state index contributed by atoms with van der Waals surface area (Å²) >= 11 is 0. The molecule has 0 heterocycles. The lowest BCUT2D eigenvalue weighted by Gasteiger charge is -2.26. The number of hydrogen-bond acceptors (Lipinski definition) is 2. The Kier molecular flexibility index (Phi) is 6.82. The molecule has 1 atom stereocenters. The Morgan fingerprint density at radius 3 is 1.61 bits per heavy atom. The van der Waals surface area contributed by atoms with Crippen LogP contribution in [-0.2, 0) is 0 Å². The van der Waals surface area contributed by atoms with Gasteiger partial charge in [0.1, 0.15) is 0 Å². The van der Waals surface area contributed by atoms with Crippen molar-refractivity contribution < 1.29 is 4.79 Å². The van der Waals surface area contributed by atoms with Crippen LogP contribution in [0.15, 0.2) is 91.0 Å². The van der Waals surface area contributed by atoms with E-state index in [4.69, 9.17) is 0 Å². The quantitative estimate of drug-likeness (QED) is 0.646. The largest absolute Gasteiger partial charge is 0.336 e. The first-order chi connectivity index (χ1) is 13.6. The van der Waals surface area contributed by atoms with Crippen molar-refractivity contribution in [2.24, 2.45) is 0 Å². The average molecular weight is 374 g/mol. The van der Waals surface area contributed by atoms with Gasteiger partial charge in [0.25, 0.3) is 0 Å². The van der Waals surface area contributed by atoms with Gasteiger partial charge in [0, 0.05) is 6.54 Å². The van der Waals surface area contributed by atoms with Gasteiger partial charge in [-0.05, 0) is 30.8 Å². The van der Waals surface area contributed by atoms with E-state index in [2.05, 4.69) is 27.7 Å². The van der Waals surface area contributed by atoms with E-state index in [0.717, 1.165) is 11.1 Å². The molecule has 0 saturated heterocycles. The number of amides is 2. The van der Waals surface area contributed by atoms with Crippen molar-refractivity contribution in [2.45, 2.75) is 12.1 Å². The predicted octanol–water partition coefficient (Wildman–Crippen LogP) is 4.38. The third kappa shape index (κ3) is 5.21. The molecule has 1 unspecified atom stereocenters. The standard InChI is InChI=1S/C24H27N3O/c1-27(2)22(19-12-6-3-7-13-19)18-25-24(28)26-23(20-14-8-4-9-15-20)21-16-10-5-11-17-21/h3-17,22-23H,18H2,1-2H3,(H2,25,26,28). The minimum atomic E-state index is -0.197. The van der Waals surface area contributed by atoms with E-state index in [-0.39, 0.29) is 18.1 Å². The number of nitrogens with one attached hydrogen (secondary N) is 2. The van der Waals surface area contributed by atoms with Gasteiger partial charge in [0.2, 0.25) is 0 Å². The Hall–Kier alpha value is -3.11. The maximum absolute atomic E-state index is 12.7. The Labute approximate surface area is 167 Å². The zero-order valence-electron chi connectivity index (χ0n) is 16.4. The van der Waals surface area contributed by atoms with Gasteiger partial charge in [-0.15, -0.1) is 0 Å². The van der Waals surface area contributed by atoms with Gasteiger partial charge in [0.05, 0.1) is 12.1 Å². The SMILES string of the molecule is CN(C)C(CNC(=O)NC(c1ccccc1)c1ccccc1)c1ccccc1. The highest BCUT2D eigenvalue weighted by molar-refractivity contribution is 5.75. The van der Waals surface area contributed by atoms with Crippen LogP contribution in [0.5, 0.6) is 0 Å². The van der Waals surface area contributed by atoms with E-state index in [1.807, 2.05) is 93.0 Å². The molecule has 0 radical (unpaired) electrons. The monoisotopic (exact) mass is 373 g/mol. The fourth-order valence-corrected chi connectivity index (χ4v) is 3.30. The summed E-state index contributed by atoms with van der Waals surface area (Å²) in [5, 5.41) is 6.17. The van der Waals surface area contributed by atoms with Crippen molar-refractivity contribution in [3.63, 3.8) is 0 Å². The normalized spacial score (nSPS) is 12.0. The third-order valence-corrected chi connectivity index (χ3v) is 4.80. The second kappa shape index (κ2) is 9.72. The molecule has 144 valence electrons. The van der Waals surface area contributed by atoms with Gasteiger partial charge in [-0.3, -0.25) is 0 Å². The van der Waals surface area contributed by atoms with Gasteiger partial charge in [0.15, 0.2) is 0 Å². The minimum Gasteiger partial charge on any atom is -0.336 e.